The molecular formula is C17H22N2O2. The van der Waals surface area contributed by atoms with Crippen LogP contribution in [0, 0.1) is 11.8 Å². The Morgan fingerprint density at radius 1 is 1.38 bits per heavy atom. The van der Waals surface area contributed by atoms with E-state index in [4.69, 9.17) is 10.5 Å². The summed E-state index contributed by atoms with van der Waals surface area (Å²) in [6.07, 6.45) is 2.08. The summed E-state index contributed by atoms with van der Waals surface area (Å²) in [4.78, 5) is 14.5. The first-order valence-corrected chi connectivity index (χ1v) is 7.45. The molecule has 1 aliphatic rings. The molecule has 1 heterocycles. The van der Waals surface area contributed by atoms with Crippen LogP contribution in [0.4, 0.5) is 0 Å². The van der Waals surface area contributed by atoms with E-state index in [0.29, 0.717) is 12.1 Å². The maximum atomic E-state index is 12.6. The Bertz CT molecular complexity index is 537. The molecule has 21 heavy (non-hydrogen) atoms. The van der Waals surface area contributed by atoms with E-state index in [1.165, 1.54) is 0 Å². The molecule has 112 valence electrons. The lowest BCUT2D eigenvalue weighted by atomic mass is 10.0. The lowest BCUT2D eigenvalue weighted by molar-refractivity contribution is 0.0146. The van der Waals surface area contributed by atoms with Crippen molar-refractivity contribution in [1.29, 1.82) is 0 Å². The first kappa shape index (κ1) is 15.6. The highest BCUT2D eigenvalue weighted by atomic mass is 16.5. The van der Waals surface area contributed by atoms with Crippen LogP contribution in [0.1, 0.15) is 35.7 Å². The molecule has 2 N–H and O–H groups in total. The largest absolute Gasteiger partial charge is 0.378 e. The Morgan fingerprint density at radius 2 is 2.10 bits per heavy atom. The van der Waals surface area contributed by atoms with Crippen molar-refractivity contribution in [2.24, 2.45) is 5.73 Å². The highest BCUT2D eigenvalue weighted by molar-refractivity contribution is 5.96. The van der Waals surface area contributed by atoms with Crippen LogP contribution < -0.4 is 5.73 Å². The van der Waals surface area contributed by atoms with Gasteiger partial charge in [0, 0.05) is 25.3 Å². The number of nitrogens with zero attached hydrogens (tertiary/aromatic N) is 1. The zero-order valence-corrected chi connectivity index (χ0v) is 12.5. The van der Waals surface area contributed by atoms with Crippen molar-refractivity contribution in [2.45, 2.75) is 25.9 Å². The molecule has 2 rings (SSSR count). The van der Waals surface area contributed by atoms with Crippen molar-refractivity contribution in [2.75, 3.05) is 26.2 Å². The van der Waals surface area contributed by atoms with Crippen LogP contribution in [0.25, 0.3) is 0 Å². The fourth-order valence-corrected chi connectivity index (χ4v) is 2.56. The summed E-state index contributed by atoms with van der Waals surface area (Å²) in [5, 5.41) is 0. The lowest BCUT2D eigenvalue weighted by Gasteiger charge is -2.32. The van der Waals surface area contributed by atoms with E-state index >= 15 is 0 Å². The van der Waals surface area contributed by atoms with E-state index < -0.39 is 0 Å². The third-order valence-corrected chi connectivity index (χ3v) is 3.61. The average molecular weight is 286 g/mol. The summed E-state index contributed by atoms with van der Waals surface area (Å²) in [6.45, 7) is 4.51. The number of amides is 1. The van der Waals surface area contributed by atoms with Gasteiger partial charge in [-0.2, -0.15) is 0 Å². The first-order chi connectivity index (χ1) is 10.3. The zero-order chi connectivity index (χ0) is 15.1. The van der Waals surface area contributed by atoms with E-state index in [1.54, 1.807) is 0 Å². The Morgan fingerprint density at radius 3 is 2.76 bits per heavy atom. The minimum atomic E-state index is 0.0480. The van der Waals surface area contributed by atoms with Gasteiger partial charge in [0.1, 0.15) is 0 Å². The van der Waals surface area contributed by atoms with Crippen LogP contribution in [0.3, 0.4) is 0 Å². The maximum absolute atomic E-state index is 12.6. The molecule has 0 unspecified atom stereocenters. The van der Waals surface area contributed by atoms with Crippen LogP contribution in [0.15, 0.2) is 24.3 Å². The molecule has 0 bridgehead atoms. The van der Waals surface area contributed by atoms with Crippen molar-refractivity contribution in [3.63, 3.8) is 0 Å². The molecule has 0 saturated carbocycles. The van der Waals surface area contributed by atoms with Crippen LogP contribution in [0.5, 0.6) is 0 Å². The van der Waals surface area contributed by atoms with Gasteiger partial charge in [0.05, 0.1) is 18.2 Å². The monoisotopic (exact) mass is 286 g/mol. The Hall–Kier alpha value is -1.83. The number of carbonyl (C=O) groups excluding carboxylic acids is 1. The van der Waals surface area contributed by atoms with Gasteiger partial charge < -0.3 is 15.4 Å². The average Bonchev–Trinajstić information content (AvgIpc) is 2.53. The van der Waals surface area contributed by atoms with E-state index in [2.05, 4.69) is 11.8 Å². The summed E-state index contributed by atoms with van der Waals surface area (Å²) >= 11 is 0. The number of benzene rings is 1. The summed E-state index contributed by atoms with van der Waals surface area (Å²) in [7, 11) is 0. The van der Waals surface area contributed by atoms with Gasteiger partial charge in [-0.05, 0) is 31.9 Å². The van der Waals surface area contributed by atoms with E-state index in [0.717, 1.165) is 38.1 Å². The maximum Gasteiger partial charge on any atom is 0.255 e. The molecule has 4 nitrogen and oxygen atoms in total. The van der Waals surface area contributed by atoms with Crippen LogP contribution in [0.2, 0.25) is 0 Å². The molecule has 0 aromatic heterocycles. The van der Waals surface area contributed by atoms with Gasteiger partial charge in [-0.3, -0.25) is 4.79 Å². The summed E-state index contributed by atoms with van der Waals surface area (Å²) < 4.78 is 5.62. The third kappa shape index (κ3) is 4.07. The number of hydrogen-bond acceptors (Lipinski definition) is 3. The van der Waals surface area contributed by atoms with E-state index in [9.17, 15) is 4.79 Å². The molecule has 1 aromatic rings. The summed E-state index contributed by atoms with van der Waals surface area (Å²) in [6, 6.07) is 7.45. The second-order valence-corrected chi connectivity index (χ2v) is 5.00. The second-order valence-electron chi connectivity index (χ2n) is 5.00. The number of rotatable bonds is 3. The molecule has 0 spiro atoms. The Balaban J connectivity index is 2.07. The highest BCUT2D eigenvalue weighted by Crippen LogP contribution is 2.18. The number of likely N-dealkylation sites (tertiary alicyclic amines) is 1. The predicted molar refractivity (Wildman–Crippen MR) is 82.9 cm³/mol. The van der Waals surface area contributed by atoms with E-state index in [-0.39, 0.29) is 12.0 Å². The molecule has 1 amide bonds. The smallest absolute Gasteiger partial charge is 0.255 e. The molecule has 0 aliphatic carbocycles. The topological polar surface area (TPSA) is 55.6 Å². The van der Waals surface area contributed by atoms with Gasteiger partial charge in [-0.25, -0.2) is 0 Å². The number of hydrogen-bond donors (Lipinski definition) is 1. The Labute approximate surface area is 126 Å². The number of carbonyl (C=O) groups is 1. The third-order valence-electron chi connectivity index (χ3n) is 3.61. The lowest BCUT2D eigenvalue weighted by Crippen LogP contribution is -2.41. The van der Waals surface area contributed by atoms with Crippen molar-refractivity contribution in [3.05, 3.63) is 35.4 Å². The Kier molecular flexibility index (Phi) is 5.79. The van der Waals surface area contributed by atoms with Gasteiger partial charge >= 0.3 is 0 Å². The number of nitrogens with two attached hydrogens (primary N) is 1. The molecule has 0 atom stereocenters. The van der Waals surface area contributed by atoms with E-state index in [1.807, 2.05) is 36.1 Å². The number of piperidine rings is 1. The minimum absolute atomic E-state index is 0.0480. The van der Waals surface area contributed by atoms with Gasteiger partial charge in [-0.1, -0.05) is 24.0 Å². The van der Waals surface area contributed by atoms with Crippen LogP contribution >= 0.6 is 0 Å². The summed E-state index contributed by atoms with van der Waals surface area (Å²) in [5.74, 6) is 5.84. The zero-order valence-electron chi connectivity index (χ0n) is 12.5. The van der Waals surface area contributed by atoms with Gasteiger partial charge in [0.2, 0.25) is 0 Å². The van der Waals surface area contributed by atoms with Crippen LogP contribution in [-0.4, -0.2) is 43.2 Å². The van der Waals surface area contributed by atoms with Crippen molar-refractivity contribution in [1.82, 2.24) is 4.90 Å². The molecule has 1 saturated heterocycles. The summed E-state index contributed by atoms with van der Waals surface area (Å²) in [5.41, 5.74) is 6.82. The fourth-order valence-electron chi connectivity index (χ4n) is 2.56. The molecule has 1 fully saturated rings. The molecule has 1 aromatic carbocycles. The van der Waals surface area contributed by atoms with Crippen LogP contribution in [-0.2, 0) is 4.74 Å². The fraction of sp³-hybridized carbons (Fsp3) is 0.471. The van der Waals surface area contributed by atoms with Crippen molar-refractivity contribution >= 4 is 5.91 Å². The SMILES string of the molecule is CCOC1CCN(C(=O)c2ccccc2C#CCN)CC1. The minimum Gasteiger partial charge on any atom is -0.378 e. The molecular weight excluding hydrogens is 264 g/mol. The molecule has 4 heteroatoms. The van der Waals surface area contributed by atoms with Crippen molar-refractivity contribution < 1.29 is 9.53 Å². The predicted octanol–water partition coefficient (Wildman–Crippen LogP) is 1.64. The van der Waals surface area contributed by atoms with Gasteiger partial charge in [0.15, 0.2) is 0 Å². The molecule has 1 aliphatic heterocycles. The highest BCUT2D eigenvalue weighted by Gasteiger charge is 2.24. The van der Waals surface area contributed by atoms with Gasteiger partial charge in [-0.15, -0.1) is 0 Å². The van der Waals surface area contributed by atoms with Crippen molar-refractivity contribution in [3.8, 4) is 11.8 Å². The second kappa shape index (κ2) is 7.82. The first-order valence-electron chi connectivity index (χ1n) is 7.45. The standard InChI is InChI=1S/C17H22N2O2/c1-2-21-15-9-12-19(13-10-15)17(20)16-8-4-3-6-14(16)7-5-11-18/h3-4,6,8,15H,2,9-13,18H2,1H3. The normalized spacial score (nSPS) is 15.4. The molecule has 0 radical (unpaired) electrons. The number of ether oxygens (including phenoxy) is 1. The quantitative estimate of drug-likeness (QED) is 0.859. The van der Waals surface area contributed by atoms with Gasteiger partial charge in [0.25, 0.3) is 5.91 Å².